The van der Waals surface area contributed by atoms with Crippen LogP contribution in [0.25, 0.3) is 0 Å². The van der Waals surface area contributed by atoms with E-state index in [4.69, 9.17) is 0 Å². The number of hydrogen-bond acceptors (Lipinski definition) is 6. The zero-order chi connectivity index (χ0) is 15.4. The lowest BCUT2D eigenvalue weighted by atomic mass is 9.93. The number of amides is 1. The number of aromatic nitrogens is 3. The van der Waals surface area contributed by atoms with Crippen LogP contribution in [0.2, 0.25) is 0 Å². The Morgan fingerprint density at radius 1 is 1.45 bits per heavy atom. The zero-order valence-corrected chi connectivity index (χ0v) is 13.3. The van der Waals surface area contributed by atoms with Crippen LogP contribution >= 0.6 is 11.3 Å². The van der Waals surface area contributed by atoms with Crippen LogP contribution in [-0.2, 0) is 6.42 Å². The van der Waals surface area contributed by atoms with Crippen LogP contribution in [0.4, 0.5) is 5.82 Å². The van der Waals surface area contributed by atoms with Crippen LogP contribution in [0.1, 0.15) is 28.2 Å². The van der Waals surface area contributed by atoms with Gasteiger partial charge in [0.25, 0.3) is 5.91 Å². The molecule has 1 unspecified atom stereocenters. The van der Waals surface area contributed by atoms with Crippen molar-refractivity contribution < 1.29 is 4.79 Å². The van der Waals surface area contributed by atoms with Crippen LogP contribution in [0.3, 0.4) is 0 Å². The van der Waals surface area contributed by atoms with Crippen molar-refractivity contribution in [3.05, 3.63) is 34.4 Å². The van der Waals surface area contributed by atoms with E-state index in [1.165, 1.54) is 11.3 Å². The van der Waals surface area contributed by atoms with Crippen LogP contribution in [-0.4, -0.2) is 46.1 Å². The molecule has 1 amide bonds. The predicted octanol–water partition coefficient (Wildman–Crippen LogP) is 2.07. The number of likely N-dealkylation sites (tertiary alicyclic amines) is 1. The number of anilines is 1. The number of nitrogens with one attached hydrogen (secondary N) is 1. The Balaban J connectivity index is 1.61. The number of thiazole rings is 1. The third kappa shape index (κ3) is 3.41. The summed E-state index contributed by atoms with van der Waals surface area (Å²) in [7, 11) is 1.83. The summed E-state index contributed by atoms with van der Waals surface area (Å²) in [5.74, 6) is 1.32. The van der Waals surface area contributed by atoms with Crippen molar-refractivity contribution in [2.45, 2.75) is 19.3 Å². The first-order chi connectivity index (χ1) is 10.8. The fourth-order valence-electron chi connectivity index (χ4n) is 2.79. The summed E-state index contributed by atoms with van der Waals surface area (Å²) in [6, 6.07) is 3.94. The molecular formula is C15H19N5OS. The zero-order valence-electron chi connectivity index (χ0n) is 12.5. The molecule has 1 fully saturated rings. The fraction of sp³-hybridized carbons (Fsp3) is 0.467. The second-order valence-corrected chi connectivity index (χ2v) is 6.38. The Bertz CT molecular complexity index is 613. The van der Waals surface area contributed by atoms with Gasteiger partial charge in [-0.1, -0.05) is 0 Å². The number of nitrogens with zero attached hydrogens (tertiary/aromatic N) is 4. The molecule has 1 aliphatic rings. The lowest BCUT2D eigenvalue weighted by Gasteiger charge is -2.32. The fourth-order valence-corrected chi connectivity index (χ4v) is 3.38. The van der Waals surface area contributed by atoms with E-state index in [0.717, 1.165) is 48.7 Å². The molecule has 3 rings (SSSR count). The number of carbonyl (C=O) groups is 1. The smallest absolute Gasteiger partial charge is 0.265 e. The molecule has 7 heteroatoms. The van der Waals surface area contributed by atoms with Crippen LogP contribution in [0.5, 0.6) is 0 Å². The molecule has 0 aliphatic carbocycles. The van der Waals surface area contributed by atoms with Gasteiger partial charge in [0.05, 0.1) is 17.4 Å². The molecular weight excluding hydrogens is 298 g/mol. The summed E-state index contributed by atoms with van der Waals surface area (Å²) in [5, 5.41) is 11.3. The van der Waals surface area contributed by atoms with Gasteiger partial charge in [-0.3, -0.25) is 9.78 Å². The molecule has 116 valence electrons. The maximum atomic E-state index is 12.4. The molecule has 22 heavy (non-hydrogen) atoms. The lowest BCUT2D eigenvalue weighted by Crippen LogP contribution is -2.40. The van der Waals surface area contributed by atoms with Gasteiger partial charge in [0.15, 0.2) is 0 Å². The summed E-state index contributed by atoms with van der Waals surface area (Å²) < 4.78 is 0. The van der Waals surface area contributed by atoms with Gasteiger partial charge in [-0.25, -0.2) is 0 Å². The topological polar surface area (TPSA) is 71.0 Å². The van der Waals surface area contributed by atoms with Crippen molar-refractivity contribution in [2.24, 2.45) is 5.92 Å². The van der Waals surface area contributed by atoms with E-state index in [0.29, 0.717) is 5.92 Å². The first-order valence-electron chi connectivity index (χ1n) is 7.44. The highest BCUT2D eigenvalue weighted by atomic mass is 32.1. The van der Waals surface area contributed by atoms with Gasteiger partial charge in [0.2, 0.25) is 0 Å². The molecule has 0 saturated carbocycles. The molecule has 1 atom stereocenters. The van der Waals surface area contributed by atoms with Crippen LogP contribution in [0.15, 0.2) is 23.8 Å². The third-order valence-electron chi connectivity index (χ3n) is 3.92. The Morgan fingerprint density at radius 2 is 2.36 bits per heavy atom. The quantitative estimate of drug-likeness (QED) is 0.935. The Hall–Kier alpha value is -2.02. The summed E-state index contributed by atoms with van der Waals surface area (Å²) in [5.41, 5.74) is 2.68. The van der Waals surface area contributed by atoms with E-state index >= 15 is 0 Å². The van der Waals surface area contributed by atoms with E-state index in [1.807, 2.05) is 24.1 Å². The van der Waals surface area contributed by atoms with Crippen molar-refractivity contribution in [1.82, 2.24) is 20.1 Å². The molecule has 1 aliphatic heterocycles. The second-order valence-electron chi connectivity index (χ2n) is 5.49. The second kappa shape index (κ2) is 6.83. The standard InChI is InChI=1S/C15H19N5OS/c1-16-14-5-4-12(18-19-14)7-11-3-2-6-20(9-11)15(21)13-8-17-10-22-13/h4-5,8,10-11H,2-3,6-7,9H2,1H3,(H,16,19). The van der Waals surface area contributed by atoms with E-state index < -0.39 is 0 Å². The van der Waals surface area contributed by atoms with Gasteiger partial charge in [-0.15, -0.1) is 16.4 Å². The van der Waals surface area contributed by atoms with Gasteiger partial charge in [0, 0.05) is 20.1 Å². The SMILES string of the molecule is CNc1ccc(CC2CCCN(C(=O)c3cncs3)C2)nn1. The van der Waals surface area contributed by atoms with Crippen molar-refractivity contribution in [2.75, 3.05) is 25.5 Å². The van der Waals surface area contributed by atoms with Crippen molar-refractivity contribution in [3.63, 3.8) is 0 Å². The minimum Gasteiger partial charge on any atom is -0.372 e. The molecule has 1 N–H and O–H groups in total. The molecule has 0 radical (unpaired) electrons. The van der Waals surface area contributed by atoms with Gasteiger partial charge < -0.3 is 10.2 Å². The lowest BCUT2D eigenvalue weighted by molar-refractivity contribution is 0.0677. The van der Waals surface area contributed by atoms with Gasteiger partial charge in [0.1, 0.15) is 10.7 Å². The molecule has 2 aromatic heterocycles. The monoisotopic (exact) mass is 317 g/mol. The summed E-state index contributed by atoms with van der Waals surface area (Å²) in [6.45, 7) is 1.61. The highest BCUT2D eigenvalue weighted by Crippen LogP contribution is 2.22. The van der Waals surface area contributed by atoms with Gasteiger partial charge >= 0.3 is 0 Å². The van der Waals surface area contributed by atoms with Crippen molar-refractivity contribution in [3.8, 4) is 0 Å². The normalized spacial score (nSPS) is 18.2. The molecule has 2 aromatic rings. The Kier molecular flexibility index (Phi) is 4.62. The largest absolute Gasteiger partial charge is 0.372 e. The molecule has 0 bridgehead atoms. The average molecular weight is 317 g/mol. The van der Waals surface area contributed by atoms with Gasteiger partial charge in [-0.05, 0) is 37.3 Å². The summed E-state index contributed by atoms with van der Waals surface area (Å²) >= 11 is 1.40. The maximum absolute atomic E-state index is 12.4. The maximum Gasteiger partial charge on any atom is 0.265 e. The molecule has 6 nitrogen and oxygen atoms in total. The number of piperidine rings is 1. The Morgan fingerprint density at radius 3 is 3.05 bits per heavy atom. The summed E-state index contributed by atoms with van der Waals surface area (Å²) in [4.78, 5) is 19.1. The van der Waals surface area contributed by atoms with Crippen molar-refractivity contribution >= 4 is 23.1 Å². The van der Waals surface area contributed by atoms with E-state index in [9.17, 15) is 4.79 Å². The molecule has 0 spiro atoms. The van der Waals surface area contributed by atoms with E-state index in [2.05, 4.69) is 20.5 Å². The average Bonchev–Trinajstić information content (AvgIpc) is 3.09. The highest BCUT2D eigenvalue weighted by Gasteiger charge is 2.25. The van der Waals surface area contributed by atoms with E-state index in [1.54, 1.807) is 11.7 Å². The van der Waals surface area contributed by atoms with E-state index in [-0.39, 0.29) is 5.91 Å². The molecule has 0 aromatic carbocycles. The molecule has 1 saturated heterocycles. The first-order valence-corrected chi connectivity index (χ1v) is 8.32. The minimum absolute atomic E-state index is 0.101. The molecule has 3 heterocycles. The predicted molar refractivity (Wildman–Crippen MR) is 86.0 cm³/mol. The number of rotatable bonds is 4. The third-order valence-corrected chi connectivity index (χ3v) is 4.68. The van der Waals surface area contributed by atoms with Crippen LogP contribution < -0.4 is 5.32 Å². The van der Waals surface area contributed by atoms with Gasteiger partial charge in [-0.2, -0.15) is 5.10 Å². The first kappa shape index (κ1) is 14.9. The highest BCUT2D eigenvalue weighted by molar-refractivity contribution is 7.11. The van der Waals surface area contributed by atoms with Crippen molar-refractivity contribution in [1.29, 1.82) is 0 Å². The van der Waals surface area contributed by atoms with Crippen LogP contribution in [0, 0.1) is 5.92 Å². The number of carbonyl (C=O) groups excluding carboxylic acids is 1. The Labute approximate surface area is 133 Å². The minimum atomic E-state index is 0.101. The summed E-state index contributed by atoms with van der Waals surface area (Å²) in [6.07, 6.45) is 4.68. The number of hydrogen-bond donors (Lipinski definition) is 1.